The lowest BCUT2D eigenvalue weighted by Crippen LogP contribution is -2.63. The van der Waals surface area contributed by atoms with Crippen LogP contribution in [0.15, 0.2) is 36.5 Å². The van der Waals surface area contributed by atoms with Crippen LogP contribution in [0.4, 0.5) is 5.82 Å². The molecule has 0 unspecified atom stereocenters. The number of rotatable bonds is 5. The van der Waals surface area contributed by atoms with Crippen molar-refractivity contribution in [3.05, 3.63) is 52.7 Å². The predicted molar refractivity (Wildman–Crippen MR) is 99.5 cm³/mol. The third kappa shape index (κ3) is 3.22. The molecule has 1 saturated heterocycles. The third-order valence-electron chi connectivity index (χ3n) is 4.66. The van der Waals surface area contributed by atoms with Crippen molar-refractivity contribution in [3.63, 3.8) is 0 Å². The largest absolute Gasteiger partial charge is 0.493 e. The molecule has 3 rings (SSSR count). The number of amides is 1. The Labute approximate surface area is 152 Å². The molecule has 5 nitrogen and oxygen atoms in total. The monoisotopic (exact) mass is 359 g/mol. The van der Waals surface area contributed by atoms with E-state index in [1.165, 1.54) is 18.9 Å². The number of carbonyl (C=O) groups excluding carboxylic acids is 1. The predicted octanol–water partition coefficient (Wildman–Crippen LogP) is 3.35. The molecule has 2 heterocycles. The smallest absolute Gasteiger partial charge is 0.238 e. The average Bonchev–Trinajstić information content (AvgIpc) is 2.55. The number of aromatic nitrogens is 1. The number of nitrogens with one attached hydrogen (secondary N) is 2. The molecule has 0 spiro atoms. The molecule has 0 radical (unpaired) electrons. The highest BCUT2D eigenvalue weighted by Gasteiger charge is 2.47. The van der Waals surface area contributed by atoms with Gasteiger partial charge in [0.1, 0.15) is 0 Å². The first kappa shape index (κ1) is 17.7. The Morgan fingerprint density at radius 1 is 1.36 bits per heavy atom. The van der Waals surface area contributed by atoms with E-state index in [2.05, 4.69) is 35.5 Å². The zero-order valence-electron chi connectivity index (χ0n) is 14.6. The number of nitrogens with zero attached hydrogens (tertiary/aromatic N) is 1. The van der Waals surface area contributed by atoms with E-state index >= 15 is 0 Å². The molecule has 1 aromatic carbocycles. The highest BCUT2D eigenvalue weighted by atomic mass is 35.5. The number of pyridine rings is 1. The summed E-state index contributed by atoms with van der Waals surface area (Å²) in [5.74, 6) is 1.07. The number of benzene rings is 1. The van der Waals surface area contributed by atoms with Gasteiger partial charge in [0, 0.05) is 25.4 Å². The van der Waals surface area contributed by atoms with Crippen molar-refractivity contribution in [2.24, 2.45) is 0 Å². The molecule has 25 heavy (non-hydrogen) atoms. The maximum absolute atomic E-state index is 13.2. The molecule has 6 heteroatoms. The highest BCUT2D eigenvalue weighted by molar-refractivity contribution is 6.30. The molecule has 2 N–H and O–H groups in total. The maximum Gasteiger partial charge on any atom is 0.238 e. The van der Waals surface area contributed by atoms with Crippen LogP contribution in [0, 0.1) is 0 Å². The van der Waals surface area contributed by atoms with Crippen molar-refractivity contribution in [3.8, 4) is 5.75 Å². The van der Waals surface area contributed by atoms with E-state index in [1.54, 1.807) is 6.07 Å². The van der Waals surface area contributed by atoms with E-state index in [0.717, 1.165) is 5.56 Å². The first-order chi connectivity index (χ1) is 12.0. The number of carbonyl (C=O) groups is 1. The number of methoxy groups -OCH3 is 1. The van der Waals surface area contributed by atoms with E-state index in [0.29, 0.717) is 35.6 Å². The summed E-state index contributed by atoms with van der Waals surface area (Å²) in [6, 6.07) is 9.77. The van der Waals surface area contributed by atoms with Crippen molar-refractivity contribution in [1.82, 2.24) is 10.3 Å². The van der Waals surface area contributed by atoms with Crippen LogP contribution in [-0.2, 0) is 10.2 Å². The van der Waals surface area contributed by atoms with Gasteiger partial charge in [-0.3, -0.25) is 4.79 Å². The van der Waals surface area contributed by atoms with Gasteiger partial charge >= 0.3 is 0 Å². The zero-order chi connectivity index (χ0) is 18.0. The van der Waals surface area contributed by atoms with Crippen molar-refractivity contribution >= 4 is 23.3 Å². The van der Waals surface area contributed by atoms with Gasteiger partial charge in [-0.2, -0.15) is 0 Å². The van der Waals surface area contributed by atoms with Gasteiger partial charge in [0.2, 0.25) is 5.91 Å². The number of halogens is 1. The molecule has 2 aromatic rings. The molecule has 1 fully saturated rings. The highest BCUT2D eigenvalue weighted by Crippen LogP contribution is 2.36. The first-order valence-corrected chi connectivity index (χ1v) is 8.67. The minimum absolute atomic E-state index is 0.0903. The molecule has 132 valence electrons. The topological polar surface area (TPSA) is 63.2 Å². The molecule has 1 aliphatic heterocycles. The van der Waals surface area contributed by atoms with Gasteiger partial charge in [-0.25, -0.2) is 4.98 Å². The summed E-state index contributed by atoms with van der Waals surface area (Å²) in [5.41, 5.74) is 1.65. The Hall–Kier alpha value is -2.11. The van der Waals surface area contributed by atoms with Crippen molar-refractivity contribution in [1.29, 1.82) is 0 Å². The summed E-state index contributed by atoms with van der Waals surface area (Å²) in [7, 11) is 1.53. The minimum Gasteiger partial charge on any atom is -0.493 e. The third-order valence-corrected chi connectivity index (χ3v) is 4.86. The summed E-state index contributed by atoms with van der Waals surface area (Å²) in [4.78, 5) is 17.4. The average molecular weight is 360 g/mol. The number of hydrogen-bond donors (Lipinski definition) is 2. The Morgan fingerprint density at radius 2 is 2.08 bits per heavy atom. The van der Waals surface area contributed by atoms with Gasteiger partial charge < -0.3 is 15.4 Å². The SMILES string of the molecule is COc1cc(Cl)cnc1NC(=O)C1(c2ccccc2C(C)C)CNC1. The Kier molecular flexibility index (Phi) is 4.97. The summed E-state index contributed by atoms with van der Waals surface area (Å²) in [6.45, 7) is 5.47. The number of ether oxygens (including phenoxy) is 1. The second-order valence-corrected chi connectivity index (χ2v) is 7.02. The van der Waals surface area contributed by atoms with E-state index in [1.807, 2.05) is 18.2 Å². The van der Waals surface area contributed by atoms with Crippen LogP contribution >= 0.6 is 11.6 Å². The van der Waals surface area contributed by atoms with Crippen LogP contribution in [0.3, 0.4) is 0 Å². The van der Waals surface area contributed by atoms with Crippen molar-refractivity contribution < 1.29 is 9.53 Å². The molecule has 0 aliphatic carbocycles. The number of hydrogen-bond acceptors (Lipinski definition) is 4. The van der Waals surface area contributed by atoms with Gasteiger partial charge in [-0.05, 0) is 17.0 Å². The van der Waals surface area contributed by atoms with Crippen LogP contribution in [0.1, 0.15) is 30.9 Å². The first-order valence-electron chi connectivity index (χ1n) is 8.29. The van der Waals surface area contributed by atoms with Gasteiger partial charge in [-0.1, -0.05) is 49.7 Å². The van der Waals surface area contributed by atoms with Gasteiger partial charge in [0.25, 0.3) is 0 Å². The molecule has 1 amide bonds. The summed E-state index contributed by atoms with van der Waals surface area (Å²) in [5, 5.41) is 6.62. The quantitative estimate of drug-likeness (QED) is 0.859. The van der Waals surface area contributed by atoms with Gasteiger partial charge in [0.15, 0.2) is 11.6 Å². The summed E-state index contributed by atoms with van der Waals surface area (Å²) < 4.78 is 5.28. The van der Waals surface area contributed by atoms with E-state index in [-0.39, 0.29) is 5.91 Å². The molecule has 1 aliphatic rings. The second-order valence-electron chi connectivity index (χ2n) is 6.59. The van der Waals surface area contributed by atoms with E-state index in [9.17, 15) is 4.79 Å². The summed E-state index contributed by atoms with van der Waals surface area (Å²) in [6.07, 6.45) is 1.49. The molecule has 0 bridgehead atoms. The normalized spacial score (nSPS) is 15.6. The van der Waals surface area contributed by atoms with E-state index in [4.69, 9.17) is 16.3 Å². The molecule has 0 atom stereocenters. The standard InChI is InChI=1S/C19H22ClN3O2/c1-12(2)14-6-4-5-7-15(14)19(10-21-11-19)18(24)23-17-16(25-3)8-13(20)9-22-17/h4-9,12,21H,10-11H2,1-3H3,(H,22,23,24). The summed E-state index contributed by atoms with van der Waals surface area (Å²) >= 11 is 5.95. The fraction of sp³-hybridized carbons (Fsp3) is 0.368. The molecule has 1 aromatic heterocycles. The lowest BCUT2D eigenvalue weighted by Gasteiger charge is -2.43. The van der Waals surface area contributed by atoms with Crippen LogP contribution in [0.5, 0.6) is 5.75 Å². The molecule has 0 saturated carbocycles. The molecular weight excluding hydrogens is 338 g/mol. The zero-order valence-corrected chi connectivity index (χ0v) is 15.4. The second kappa shape index (κ2) is 7.02. The minimum atomic E-state index is -0.604. The van der Waals surface area contributed by atoms with Crippen molar-refractivity contribution in [2.45, 2.75) is 25.2 Å². The fourth-order valence-electron chi connectivity index (χ4n) is 3.18. The van der Waals surface area contributed by atoms with Crippen LogP contribution in [0.25, 0.3) is 0 Å². The number of anilines is 1. The Bertz CT molecular complexity index is 788. The fourth-order valence-corrected chi connectivity index (χ4v) is 3.33. The Morgan fingerprint density at radius 3 is 2.68 bits per heavy atom. The van der Waals surface area contributed by atoms with Gasteiger partial charge in [0.05, 0.1) is 17.5 Å². The lowest BCUT2D eigenvalue weighted by atomic mass is 9.71. The molecular formula is C19H22ClN3O2. The lowest BCUT2D eigenvalue weighted by molar-refractivity contribution is -0.123. The maximum atomic E-state index is 13.2. The Balaban J connectivity index is 1.95. The van der Waals surface area contributed by atoms with Gasteiger partial charge in [-0.15, -0.1) is 0 Å². The van der Waals surface area contributed by atoms with Crippen LogP contribution in [-0.4, -0.2) is 31.1 Å². The van der Waals surface area contributed by atoms with Crippen LogP contribution in [0.2, 0.25) is 5.02 Å². The van der Waals surface area contributed by atoms with E-state index < -0.39 is 5.41 Å². The van der Waals surface area contributed by atoms with Crippen molar-refractivity contribution in [2.75, 3.05) is 25.5 Å². The van der Waals surface area contributed by atoms with Crippen LogP contribution < -0.4 is 15.4 Å².